The Bertz CT molecular complexity index is 623. The molecule has 0 saturated carbocycles. The van der Waals surface area contributed by atoms with Crippen LogP contribution < -0.4 is 5.32 Å². The summed E-state index contributed by atoms with van der Waals surface area (Å²) >= 11 is 3.17. The van der Waals surface area contributed by atoms with Crippen molar-refractivity contribution < 1.29 is 13.9 Å². The predicted octanol–water partition coefficient (Wildman–Crippen LogP) is 2.91. The number of hydrogen-bond donors (Lipinski definition) is 1. The summed E-state index contributed by atoms with van der Waals surface area (Å²) in [4.78, 5) is 11.9. The van der Waals surface area contributed by atoms with Gasteiger partial charge in [0, 0.05) is 13.0 Å². The van der Waals surface area contributed by atoms with Crippen LogP contribution in [0.15, 0.2) is 45.5 Å². The molecule has 1 aromatic carbocycles. The Labute approximate surface area is 125 Å². The lowest BCUT2D eigenvalue weighted by Gasteiger charge is -2.25. The van der Waals surface area contributed by atoms with Gasteiger partial charge in [0.25, 0.3) is 5.91 Å². The first-order valence-corrected chi connectivity index (χ1v) is 7.23. The molecular formula is C15H14BrNO3. The zero-order valence-corrected chi connectivity index (χ0v) is 12.4. The number of fused-ring (bicyclic) bond motifs is 1. The van der Waals surface area contributed by atoms with Crippen molar-refractivity contribution in [2.45, 2.75) is 19.1 Å². The van der Waals surface area contributed by atoms with Crippen molar-refractivity contribution in [3.63, 3.8) is 0 Å². The molecule has 0 unspecified atom stereocenters. The maximum Gasteiger partial charge on any atom is 0.287 e. The third kappa shape index (κ3) is 2.94. The third-order valence-corrected chi connectivity index (χ3v) is 3.75. The van der Waals surface area contributed by atoms with Crippen molar-refractivity contribution in [3.05, 3.63) is 58.0 Å². The minimum Gasteiger partial charge on any atom is -0.444 e. The average Bonchev–Trinajstić information content (AvgIpc) is 2.91. The molecule has 0 bridgehead atoms. The molecule has 2 aromatic rings. The first kappa shape index (κ1) is 13.4. The van der Waals surface area contributed by atoms with Crippen LogP contribution in [0.1, 0.15) is 21.7 Å². The summed E-state index contributed by atoms with van der Waals surface area (Å²) in [5.41, 5.74) is 2.52. The molecule has 0 radical (unpaired) electrons. The van der Waals surface area contributed by atoms with Gasteiger partial charge in [-0.15, -0.1) is 0 Å². The van der Waals surface area contributed by atoms with E-state index in [1.54, 1.807) is 12.1 Å². The van der Waals surface area contributed by atoms with E-state index in [4.69, 9.17) is 9.15 Å². The number of nitrogens with one attached hydrogen (secondary N) is 1. The van der Waals surface area contributed by atoms with Crippen molar-refractivity contribution >= 4 is 21.8 Å². The topological polar surface area (TPSA) is 51.5 Å². The van der Waals surface area contributed by atoms with Crippen molar-refractivity contribution in [2.24, 2.45) is 0 Å². The normalized spacial score (nSPS) is 17.6. The van der Waals surface area contributed by atoms with E-state index in [0.717, 1.165) is 6.42 Å². The molecule has 2 heterocycles. The maximum atomic E-state index is 11.9. The zero-order valence-electron chi connectivity index (χ0n) is 10.8. The van der Waals surface area contributed by atoms with Crippen molar-refractivity contribution in [3.8, 4) is 0 Å². The summed E-state index contributed by atoms with van der Waals surface area (Å²) in [6, 6.07) is 11.6. The SMILES string of the molecule is O=C(NC[C@@H]1Cc2ccccc2CO1)c1ccc(Br)o1. The second-order valence-electron chi connectivity index (χ2n) is 4.72. The largest absolute Gasteiger partial charge is 0.444 e. The smallest absolute Gasteiger partial charge is 0.287 e. The molecule has 1 N–H and O–H groups in total. The molecule has 3 rings (SSSR count). The van der Waals surface area contributed by atoms with Gasteiger partial charge in [0.15, 0.2) is 10.4 Å². The standard InChI is InChI=1S/C15H14BrNO3/c16-14-6-5-13(20-14)15(18)17-8-12-7-10-3-1-2-4-11(10)9-19-12/h1-6,12H,7-9H2,(H,17,18)/t12-/m0/s1. The number of hydrogen-bond acceptors (Lipinski definition) is 3. The van der Waals surface area contributed by atoms with Gasteiger partial charge in [-0.25, -0.2) is 0 Å². The summed E-state index contributed by atoms with van der Waals surface area (Å²) in [6.45, 7) is 1.08. The summed E-state index contributed by atoms with van der Waals surface area (Å²) in [5.74, 6) is 0.0752. The Hall–Kier alpha value is -1.59. The molecule has 1 aliphatic heterocycles. The number of amides is 1. The monoisotopic (exact) mass is 335 g/mol. The van der Waals surface area contributed by atoms with Crippen LogP contribution in [-0.4, -0.2) is 18.6 Å². The second-order valence-corrected chi connectivity index (χ2v) is 5.50. The highest BCUT2D eigenvalue weighted by Crippen LogP contribution is 2.20. The van der Waals surface area contributed by atoms with Crippen LogP contribution in [0, 0.1) is 0 Å². The van der Waals surface area contributed by atoms with Gasteiger partial charge in [0.1, 0.15) is 0 Å². The minimum atomic E-state index is -0.224. The Morgan fingerprint density at radius 3 is 2.80 bits per heavy atom. The number of furan rings is 1. The summed E-state index contributed by atoms with van der Waals surface area (Å²) in [7, 11) is 0. The van der Waals surface area contributed by atoms with E-state index in [1.807, 2.05) is 12.1 Å². The lowest BCUT2D eigenvalue weighted by molar-refractivity contribution is 0.0282. The molecule has 0 spiro atoms. The van der Waals surface area contributed by atoms with Crippen LogP contribution in [0.2, 0.25) is 0 Å². The van der Waals surface area contributed by atoms with Gasteiger partial charge in [0.2, 0.25) is 0 Å². The number of halogens is 1. The summed E-state index contributed by atoms with van der Waals surface area (Å²) < 4.78 is 11.5. The molecule has 0 fully saturated rings. The summed E-state index contributed by atoms with van der Waals surface area (Å²) in [5, 5.41) is 2.83. The van der Waals surface area contributed by atoms with E-state index in [-0.39, 0.29) is 12.0 Å². The number of ether oxygens (including phenoxy) is 1. The minimum absolute atomic E-state index is 0.00672. The highest BCUT2D eigenvalue weighted by molar-refractivity contribution is 9.10. The molecule has 1 aromatic heterocycles. The van der Waals surface area contributed by atoms with E-state index in [9.17, 15) is 4.79 Å². The van der Waals surface area contributed by atoms with E-state index >= 15 is 0 Å². The second kappa shape index (κ2) is 5.81. The molecule has 5 heteroatoms. The zero-order chi connectivity index (χ0) is 13.9. The molecule has 4 nitrogen and oxygen atoms in total. The average molecular weight is 336 g/mol. The van der Waals surface area contributed by atoms with Gasteiger partial charge < -0.3 is 14.5 Å². The third-order valence-electron chi connectivity index (χ3n) is 3.33. The first-order chi connectivity index (χ1) is 9.72. The molecule has 1 aliphatic rings. The molecule has 0 aliphatic carbocycles. The van der Waals surface area contributed by atoms with Crippen LogP contribution in [0.4, 0.5) is 0 Å². The number of rotatable bonds is 3. The van der Waals surface area contributed by atoms with Crippen LogP contribution in [-0.2, 0) is 17.8 Å². The van der Waals surface area contributed by atoms with Gasteiger partial charge in [-0.05, 0) is 39.2 Å². The summed E-state index contributed by atoms with van der Waals surface area (Å²) in [6.07, 6.45) is 0.824. The Balaban J connectivity index is 1.56. The Kier molecular flexibility index (Phi) is 3.89. The lowest BCUT2D eigenvalue weighted by atomic mass is 9.99. The number of carbonyl (C=O) groups is 1. The van der Waals surface area contributed by atoms with Crippen LogP contribution in [0.3, 0.4) is 0 Å². The van der Waals surface area contributed by atoms with Gasteiger partial charge in [0.05, 0.1) is 12.7 Å². The fourth-order valence-corrected chi connectivity index (χ4v) is 2.58. The van der Waals surface area contributed by atoms with Gasteiger partial charge in [-0.3, -0.25) is 4.79 Å². The van der Waals surface area contributed by atoms with Crippen LogP contribution in [0.5, 0.6) is 0 Å². The molecule has 1 amide bonds. The highest BCUT2D eigenvalue weighted by Gasteiger charge is 2.20. The highest BCUT2D eigenvalue weighted by atomic mass is 79.9. The van der Waals surface area contributed by atoms with Gasteiger partial charge in [-0.1, -0.05) is 24.3 Å². The number of benzene rings is 1. The van der Waals surface area contributed by atoms with E-state index in [1.165, 1.54) is 11.1 Å². The molecule has 104 valence electrons. The lowest BCUT2D eigenvalue weighted by Crippen LogP contribution is -2.36. The van der Waals surface area contributed by atoms with Crippen LogP contribution >= 0.6 is 15.9 Å². The molecular weight excluding hydrogens is 322 g/mol. The predicted molar refractivity (Wildman–Crippen MR) is 77.5 cm³/mol. The fourth-order valence-electron chi connectivity index (χ4n) is 2.27. The molecule has 20 heavy (non-hydrogen) atoms. The van der Waals surface area contributed by atoms with Crippen molar-refractivity contribution in [2.75, 3.05) is 6.54 Å². The van der Waals surface area contributed by atoms with E-state index < -0.39 is 0 Å². The van der Waals surface area contributed by atoms with Gasteiger partial charge >= 0.3 is 0 Å². The van der Waals surface area contributed by atoms with Gasteiger partial charge in [-0.2, -0.15) is 0 Å². The van der Waals surface area contributed by atoms with Crippen LogP contribution in [0.25, 0.3) is 0 Å². The van der Waals surface area contributed by atoms with Crippen molar-refractivity contribution in [1.82, 2.24) is 5.32 Å². The van der Waals surface area contributed by atoms with E-state index in [2.05, 4.69) is 33.4 Å². The Morgan fingerprint density at radius 2 is 2.05 bits per heavy atom. The maximum absolute atomic E-state index is 11.9. The fraction of sp³-hybridized carbons (Fsp3) is 0.267. The van der Waals surface area contributed by atoms with Crippen molar-refractivity contribution in [1.29, 1.82) is 0 Å². The molecule has 1 atom stereocenters. The number of carbonyl (C=O) groups excluding carboxylic acids is 1. The first-order valence-electron chi connectivity index (χ1n) is 6.44. The Morgan fingerprint density at radius 1 is 1.25 bits per heavy atom. The molecule has 0 saturated heterocycles. The van der Waals surface area contributed by atoms with E-state index in [0.29, 0.717) is 23.6 Å². The quantitative estimate of drug-likeness (QED) is 0.938.